The number of phenolic OH excluding ortho intramolecular Hbond substituents is 1. The topological polar surface area (TPSA) is 137 Å². The summed E-state index contributed by atoms with van der Waals surface area (Å²) < 4.78 is 30.6. The lowest BCUT2D eigenvalue weighted by atomic mass is 9.90. The number of ether oxygens (including phenoxy) is 1. The van der Waals surface area contributed by atoms with Gasteiger partial charge in [-0.25, -0.2) is 8.42 Å². The normalized spacial score (nSPS) is 13.9. The number of hydrogen-bond donors (Lipinski definition) is 5. The molecule has 3 rings (SSSR count). The maximum Gasteiger partial charge on any atom is 0.249 e. The van der Waals surface area contributed by atoms with Crippen molar-refractivity contribution in [2.75, 3.05) is 29.9 Å². The highest BCUT2D eigenvalue weighted by Gasteiger charge is 2.36. The summed E-state index contributed by atoms with van der Waals surface area (Å²) in [5, 5.41) is 27.4. The van der Waals surface area contributed by atoms with Gasteiger partial charge in [0.2, 0.25) is 15.9 Å². The highest BCUT2D eigenvalue weighted by Crippen LogP contribution is 2.31. The quantitative estimate of drug-likeness (QED) is 0.231. The first-order valence-corrected chi connectivity index (χ1v) is 13.6. The van der Waals surface area contributed by atoms with E-state index in [9.17, 15) is 23.4 Å². The van der Waals surface area contributed by atoms with E-state index in [0.29, 0.717) is 27.6 Å². The predicted molar refractivity (Wildman–Crippen MR) is 145 cm³/mol. The van der Waals surface area contributed by atoms with Gasteiger partial charge in [0.25, 0.3) is 0 Å². The van der Waals surface area contributed by atoms with E-state index in [1.807, 2.05) is 0 Å². The molecule has 0 spiro atoms. The van der Waals surface area contributed by atoms with Gasteiger partial charge in [-0.3, -0.25) is 14.8 Å². The van der Waals surface area contributed by atoms with Gasteiger partial charge in [-0.1, -0.05) is 41.4 Å². The monoisotopic (exact) mass is 567 g/mol. The van der Waals surface area contributed by atoms with Crippen molar-refractivity contribution in [3.63, 3.8) is 0 Å². The summed E-state index contributed by atoms with van der Waals surface area (Å²) in [7, 11) is -2.12. The zero-order valence-corrected chi connectivity index (χ0v) is 22.6. The van der Waals surface area contributed by atoms with Crippen molar-refractivity contribution >= 4 is 50.5 Å². The molecular weight excluding hydrogens is 541 g/mol. The molecule has 37 heavy (non-hydrogen) atoms. The van der Waals surface area contributed by atoms with Gasteiger partial charge in [0.15, 0.2) is 0 Å². The number of benzene rings is 3. The van der Waals surface area contributed by atoms with Crippen LogP contribution in [0.3, 0.4) is 0 Å². The average Bonchev–Trinajstić information content (AvgIpc) is 2.85. The van der Waals surface area contributed by atoms with E-state index in [-0.39, 0.29) is 23.0 Å². The molecule has 0 aliphatic rings. The van der Waals surface area contributed by atoms with E-state index in [2.05, 4.69) is 15.4 Å². The Morgan fingerprint density at radius 3 is 2.32 bits per heavy atom. The smallest absolute Gasteiger partial charge is 0.249 e. The lowest BCUT2D eigenvalue weighted by molar-refractivity contribution is -0.122. The molecule has 0 fully saturated rings. The number of halogens is 2. The maximum atomic E-state index is 13.5. The standard InChI is InChI=1S/C25H27Cl2N3O6S/c1-25(16-5-8-18(36-2)9-6-16,24(33)29-17-7-10-19(26)20(27)13-17)28-14-23(32)15-4-11-22(31)21(12-15)30-37(3,34)35/h4-13,23,28,30-32H,14H2,1-3H3,(H,29,33)/t23-,25-/m0/s1. The van der Waals surface area contributed by atoms with Crippen LogP contribution in [-0.2, 0) is 20.4 Å². The molecule has 2 atom stereocenters. The van der Waals surface area contributed by atoms with Gasteiger partial charge < -0.3 is 20.3 Å². The van der Waals surface area contributed by atoms with Crippen molar-refractivity contribution in [1.82, 2.24) is 5.32 Å². The van der Waals surface area contributed by atoms with E-state index in [1.54, 1.807) is 43.3 Å². The molecule has 198 valence electrons. The SMILES string of the molecule is COc1ccc([C@](C)(NC[C@H](O)c2ccc(O)c(NS(C)(=O)=O)c2)C(=O)Nc2ccc(Cl)c(Cl)c2)cc1. The van der Waals surface area contributed by atoms with Crippen molar-refractivity contribution in [3.05, 3.63) is 81.8 Å². The lowest BCUT2D eigenvalue weighted by Gasteiger charge is -2.31. The zero-order chi connectivity index (χ0) is 27.4. The molecule has 3 aromatic rings. The fraction of sp³-hybridized carbons (Fsp3) is 0.240. The Kier molecular flexibility index (Phi) is 8.93. The average molecular weight is 568 g/mol. The van der Waals surface area contributed by atoms with Crippen molar-refractivity contribution in [3.8, 4) is 11.5 Å². The summed E-state index contributed by atoms with van der Waals surface area (Å²) >= 11 is 12.1. The third kappa shape index (κ3) is 7.27. The van der Waals surface area contributed by atoms with Gasteiger partial charge in [-0.2, -0.15) is 0 Å². The molecule has 3 aromatic carbocycles. The van der Waals surface area contributed by atoms with Crippen LogP contribution in [0.15, 0.2) is 60.7 Å². The lowest BCUT2D eigenvalue weighted by Crippen LogP contribution is -2.50. The Morgan fingerprint density at radius 1 is 1.05 bits per heavy atom. The minimum Gasteiger partial charge on any atom is -0.506 e. The fourth-order valence-corrected chi connectivity index (χ4v) is 4.39. The Balaban J connectivity index is 1.88. The number of aliphatic hydroxyl groups is 1. The fourth-order valence-electron chi connectivity index (χ4n) is 3.53. The van der Waals surface area contributed by atoms with Crippen LogP contribution in [0.2, 0.25) is 10.0 Å². The summed E-state index contributed by atoms with van der Waals surface area (Å²) in [4.78, 5) is 13.5. The Bertz CT molecular complexity index is 1390. The van der Waals surface area contributed by atoms with Crippen LogP contribution in [0.4, 0.5) is 11.4 Å². The molecule has 0 saturated heterocycles. The summed E-state index contributed by atoms with van der Waals surface area (Å²) in [6.45, 7) is 1.56. The maximum absolute atomic E-state index is 13.5. The van der Waals surface area contributed by atoms with E-state index < -0.39 is 27.6 Å². The number of sulfonamides is 1. The Hall–Kier alpha value is -3.02. The van der Waals surface area contributed by atoms with Gasteiger partial charge in [0.05, 0.1) is 35.2 Å². The number of nitrogens with one attached hydrogen (secondary N) is 3. The number of aromatic hydroxyl groups is 1. The molecule has 0 aromatic heterocycles. The second-order valence-electron chi connectivity index (χ2n) is 8.48. The number of phenols is 1. The summed E-state index contributed by atoms with van der Waals surface area (Å²) in [5.74, 6) is -0.127. The molecule has 0 aliphatic carbocycles. The molecule has 12 heteroatoms. The van der Waals surface area contributed by atoms with Crippen LogP contribution in [0.1, 0.15) is 24.2 Å². The van der Waals surface area contributed by atoms with Gasteiger partial charge in [-0.15, -0.1) is 0 Å². The number of rotatable bonds is 10. The van der Waals surface area contributed by atoms with Gasteiger partial charge in [0.1, 0.15) is 17.0 Å². The van der Waals surface area contributed by atoms with E-state index >= 15 is 0 Å². The molecule has 0 unspecified atom stereocenters. The van der Waals surface area contributed by atoms with E-state index in [1.165, 1.54) is 31.4 Å². The van der Waals surface area contributed by atoms with Crippen LogP contribution >= 0.6 is 23.2 Å². The van der Waals surface area contributed by atoms with Crippen LogP contribution < -0.4 is 20.1 Å². The van der Waals surface area contributed by atoms with Crippen molar-refractivity contribution in [2.45, 2.75) is 18.6 Å². The second kappa shape index (κ2) is 11.6. The number of aliphatic hydroxyl groups excluding tert-OH is 1. The predicted octanol–water partition coefficient (Wildman–Crippen LogP) is 4.26. The molecule has 0 bridgehead atoms. The van der Waals surface area contributed by atoms with Crippen LogP contribution in [0, 0.1) is 0 Å². The third-order valence-electron chi connectivity index (χ3n) is 5.65. The summed E-state index contributed by atoms with van der Waals surface area (Å²) in [6, 6.07) is 15.6. The Labute approximate surface area is 225 Å². The van der Waals surface area contributed by atoms with Gasteiger partial charge in [0, 0.05) is 12.2 Å². The molecule has 1 amide bonds. The van der Waals surface area contributed by atoms with Crippen LogP contribution in [-0.4, -0.2) is 44.4 Å². The molecule has 0 aliphatic heterocycles. The summed E-state index contributed by atoms with van der Waals surface area (Å²) in [5.41, 5.74) is -0.0723. The highest BCUT2D eigenvalue weighted by molar-refractivity contribution is 7.92. The Morgan fingerprint density at radius 2 is 1.73 bits per heavy atom. The first-order chi connectivity index (χ1) is 17.3. The number of anilines is 2. The number of carbonyl (C=O) groups is 1. The number of hydrogen-bond acceptors (Lipinski definition) is 7. The van der Waals surface area contributed by atoms with Crippen molar-refractivity contribution in [2.24, 2.45) is 0 Å². The molecule has 5 N–H and O–H groups in total. The number of carbonyl (C=O) groups excluding carboxylic acids is 1. The molecule has 0 heterocycles. The van der Waals surface area contributed by atoms with Crippen LogP contribution in [0.25, 0.3) is 0 Å². The van der Waals surface area contributed by atoms with Gasteiger partial charge >= 0.3 is 0 Å². The van der Waals surface area contributed by atoms with Crippen molar-refractivity contribution in [1.29, 1.82) is 0 Å². The minimum absolute atomic E-state index is 0.0747. The largest absolute Gasteiger partial charge is 0.506 e. The summed E-state index contributed by atoms with van der Waals surface area (Å²) in [6.07, 6.45) is -0.208. The second-order valence-corrected chi connectivity index (χ2v) is 11.0. The third-order valence-corrected chi connectivity index (χ3v) is 6.98. The molecule has 0 saturated carbocycles. The molecule has 0 radical (unpaired) electrons. The van der Waals surface area contributed by atoms with E-state index in [0.717, 1.165) is 6.26 Å². The first kappa shape index (κ1) is 28.5. The highest BCUT2D eigenvalue weighted by atomic mass is 35.5. The number of methoxy groups -OCH3 is 1. The molecule has 9 nitrogen and oxygen atoms in total. The molecular formula is C25H27Cl2N3O6S. The van der Waals surface area contributed by atoms with Gasteiger partial charge in [-0.05, 0) is 60.5 Å². The van der Waals surface area contributed by atoms with Crippen molar-refractivity contribution < 1.29 is 28.2 Å². The first-order valence-electron chi connectivity index (χ1n) is 11.0. The number of amides is 1. The van der Waals surface area contributed by atoms with E-state index in [4.69, 9.17) is 27.9 Å². The zero-order valence-electron chi connectivity index (χ0n) is 20.2. The minimum atomic E-state index is -3.65. The van der Waals surface area contributed by atoms with Crippen LogP contribution in [0.5, 0.6) is 11.5 Å².